The Bertz CT molecular complexity index is 1560. The number of nitrogens with one attached hydrogen (secondary N) is 1. The molecular weight excluding hydrogens is 476 g/mol. The van der Waals surface area contributed by atoms with Gasteiger partial charge in [-0.05, 0) is 30.3 Å². The standard InChI is InChI=1S/C24H18N2O4S3/c1-30-15-7-6-8-16(13-15)33(28,29)26-20-14-22(23(27)18-10-3-2-9-17(18)20)32-24-25-19-11-4-5-12-21(19)31-24/h2-14,26-27H,1H3. The van der Waals surface area contributed by atoms with Crippen molar-refractivity contribution in [3.8, 4) is 11.5 Å². The molecule has 0 aliphatic heterocycles. The van der Waals surface area contributed by atoms with Gasteiger partial charge in [-0.1, -0.05) is 54.2 Å². The summed E-state index contributed by atoms with van der Waals surface area (Å²) in [6.07, 6.45) is 0. The van der Waals surface area contributed by atoms with Gasteiger partial charge in [0.15, 0.2) is 4.34 Å². The van der Waals surface area contributed by atoms with Crippen LogP contribution in [-0.4, -0.2) is 25.6 Å². The number of phenolic OH excluding ortho intramolecular Hbond substituents is 1. The Morgan fingerprint density at radius 3 is 2.52 bits per heavy atom. The first kappa shape index (κ1) is 21.6. The SMILES string of the molecule is COc1cccc(S(=O)(=O)Nc2cc(Sc3nc4ccccc4s3)c(O)c3ccccc23)c1. The maximum absolute atomic E-state index is 13.1. The van der Waals surface area contributed by atoms with Crippen LogP contribution in [0.5, 0.6) is 11.5 Å². The van der Waals surface area contributed by atoms with Crippen LogP contribution in [-0.2, 0) is 10.0 Å². The Kier molecular flexibility index (Phi) is 5.61. The molecule has 0 aliphatic rings. The molecular formula is C24H18N2O4S3. The zero-order valence-corrected chi connectivity index (χ0v) is 19.8. The molecule has 0 unspecified atom stereocenters. The maximum Gasteiger partial charge on any atom is 0.262 e. The van der Waals surface area contributed by atoms with Gasteiger partial charge in [0.25, 0.3) is 10.0 Å². The van der Waals surface area contributed by atoms with E-state index in [1.807, 2.05) is 24.3 Å². The number of rotatable bonds is 6. The van der Waals surface area contributed by atoms with Gasteiger partial charge in [0.2, 0.25) is 0 Å². The first-order chi connectivity index (χ1) is 15.9. The van der Waals surface area contributed by atoms with Gasteiger partial charge in [0.1, 0.15) is 11.5 Å². The molecule has 33 heavy (non-hydrogen) atoms. The number of aromatic nitrogens is 1. The van der Waals surface area contributed by atoms with E-state index in [0.29, 0.717) is 27.1 Å². The van der Waals surface area contributed by atoms with Crippen LogP contribution in [0.2, 0.25) is 0 Å². The molecule has 5 rings (SSSR count). The zero-order valence-electron chi connectivity index (χ0n) is 17.3. The summed E-state index contributed by atoms with van der Waals surface area (Å²) in [5.74, 6) is 0.528. The molecule has 0 aliphatic carbocycles. The second-order valence-corrected chi connectivity index (χ2v) is 11.2. The molecule has 0 atom stereocenters. The molecule has 1 heterocycles. The summed E-state index contributed by atoms with van der Waals surface area (Å²) >= 11 is 2.81. The predicted octanol–water partition coefficient (Wildman–Crippen LogP) is 6.12. The van der Waals surface area contributed by atoms with E-state index in [4.69, 9.17) is 4.74 Å². The fourth-order valence-corrected chi connectivity index (χ4v) is 6.68. The van der Waals surface area contributed by atoms with Crippen molar-refractivity contribution in [2.24, 2.45) is 0 Å². The number of ether oxygens (including phenoxy) is 1. The van der Waals surface area contributed by atoms with Crippen LogP contribution in [0.15, 0.2) is 93.0 Å². The molecule has 0 spiro atoms. The molecule has 0 bridgehead atoms. The highest BCUT2D eigenvalue weighted by molar-refractivity contribution is 8.01. The molecule has 0 amide bonds. The second kappa shape index (κ2) is 8.58. The molecule has 9 heteroatoms. The summed E-state index contributed by atoms with van der Waals surface area (Å²) < 4.78 is 35.9. The van der Waals surface area contributed by atoms with Gasteiger partial charge >= 0.3 is 0 Å². The van der Waals surface area contributed by atoms with Crippen molar-refractivity contribution in [3.63, 3.8) is 0 Å². The van der Waals surface area contributed by atoms with Crippen LogP contribution in [0.1, 0.15) is 0 Å². The van der Waals surface area contributed by atoms with Gasteiger partial charge in [0, 0.05) is 16.8 Å². The summed E-state index contributed by atoms with van der Waals surface area (Å²) in [6.45, 7) is 0. The first-order valence-electron chi connectivity index (χ1n) is 9.89. The summed E-state index contributed by atoms with van der Waals surface area (Å²) in [5, 5.41) is 12.1. The number of hydrogen-bond donors (Lipinski definition) is 2. The average Bonchev–Trinajstić information content (AvgIpc) is 3.24. The number of methoxy groups -OCH3 is 1. The van der Waals surface area contributed by atoms with Gasteiger partial charge < -0.3 is 9.84 Å². The maximum atomic E-state index is 13.1. The van der Waals surface area contributed by atoms with Crippen LogP contribution < -0.4 is 9.46 Å². The lowest BCUT2D eigenvalue weighted by atomic mass is 10.1. The topological polar surface area (TPSA) is 88.5 Å². The van der Waals surface area contributed by atoms with Gasteiger partial charge in [-0.25, -0.2) is 13.4 Å². The lowest BCUT2D eigenvalue weighted by molar-refractivity contribution is 0.413. The third kappa shape index (κ3) is 4.22. The quantitative estimate of drug-likeness (QED) is 0.277. The number of fused-ring (bicyclic) bond motifs is 2. The number of phenols is 1. The van der Waals surface area contributed by atoms with E-state index in [9.17, 15) is 13.5 Å². The normalized spacial score (nSPS) is 11.7. The Balaban J connectivity index is 1.59. The van der Waals surface area contributed by atoms with E-state index in [2.05, 4.69) is 9.71 Å². The van der Waals surface area contributed by atoms with Gasteiger partial charge in [0.05, 0.1) is 32.8 Å². The molecule has 0 saturated carbocycles. The lowest BCUT2D eigenvalue weighted by Gasteiger charge is -2.14. The summed E-state index contributed by atoms with van der Waals surface area (Å²) in [4.78, 5) is 5.21. The lowest BCUT2D eigenvalue weighted by Crippen LogP contribution is -2.13. The highest BCUT2D eigenvalue weighted by atomic mass is 32.2. The number of para-hydroxylation sites is 1. The van der Waals surface area contributed by atoms with E-state index >= 15 is 0 Å². The third-order valence-electron chi connectivity index (χ3n) is 5.05. The van der Waals surface area contributed by atoms with Crippen LogP contribution >= 0.6 is 23.1 Å². The minimum absolute atomic E-state index is 0.0826. The predicted molar refractivity (Wildman–Crippen MR) is 133 cm³/mol. The number of sulfonamides is 1. The van der Waals surface area contributed by atoms with Gasteiger partial charge in [-0.15, -0.1) is 11.3 Å². The van der Waals surface area contributed by atoms with Crippen molar-refractivity contribution in [2.45, 2.75) is 14.1 Å². The van der Waals surface area contributed by atoms with Crippen molar-refractivity contribution in [3.05, 3.63) is 78.9 Å². The largest absolute Gasteiger partial charge is 0.506 e. The fourth-order valence-electron chi connectivity index (χ4n) is 3.46. The highest BCUT2D eigenvalue weighted by Gasteiger charge is 2.20. The van der Waals surface area contributed by atoms with E-state index in [-0.39, 0.29) is 10.6 Å². The Morgan fingerprint density at radius 2 is 1.73 bits per heavy atom. The number of anilines is 1. The van der Waals surface area contributed by atoms with E-state index in [1.165, 1.54) is 42.3 Å². The number of nitrogens with zero attached hydrogens (tertiary/aromatic N) is 1. The Hall–Kier alpha value is -3.27. The van der Waals surface area contributed by atoms with Crippen molar-refractivity contribution < 1.29 is 18.3 Å². The van der Waals surface area contributed by atoms with Crippen LogP contribution in [0.3, 0.4) is 0 Å². The molecule has 4 aromatic carbocycles. The van der Waals surface area contributed by atoms with Crippen LogP contribution in [0, 0.1) is 0 Å². The minimum Gasteiger partial charge on any atom is -0.506 e. The third-order valence-corrected chi connectivity index (χ3v) is 8.54. The fraction of sp³-hybridized carbons (Fsp3) is 0.0417. The second-order valence-electron chi connectivity index (χ2n) is 7.15. The molecule has 6 nitrogen and oxygen atoms in total. The van der Waals surface area contributed by atoms with Gasteiger partial charge in [-0.2, -0.15) is 0 Å². The summed E-state index contributed by atoms with van der Waals surface area (Å²) in [5.41, 5.74) is 1.25. The van der Waals surface area contributed by atoms with Crippen LogP contribution in [0.4, 0.5) is 5.69 Å². The van der Waals surface area contributed by atoms with Crippen LogP contribution in [0.25, 0.3) is 21.0 Å². The molecule has 2 N–H and O–H groups in total. The molecule has 0 fully saturated rings. The number of hydrogen-bond acceptors (Lipinski definition) is 7. The molecule has 166 valence electrons. The molecule has 0 radical (unpaired) electrons. The summed E-state index contributed by atoms with van der Waals surface area (Å²) in [6, 6.07) is 22.8. The van der Waals surface area contributed by atoms with E-state index in [0.717, 1.165) is 14.6 Å². The molecule has 1 aromatic heterocycles. The van der Waals surface area contributed by atoms with Gasteiger partial charge in [-0.3, -0.25) is 4.72 Å². The van der Waals surface area contributed by atoms with Crippen molar-refractivity contribution in [2.75, 3.05) is 11.8 Å². The Morgan fingerprint density at radius 1 is 0.970 bits per heavy atom. The zero-order chi connectivity index (χ0) is 23.0. The number of aromatic hydroxyl groups is 1. The van der Waals surface area contributed by atoms with E-state index < -0.39 is 10.0 Å². The Labute approximate surface area is 198 Å². The van der Waals surface area contributed by atoms with Crippen molar-refractivity contribution in [1.82, 2.24) is 4.98 Å². The van der Waals surface area contributed by atoms with Crippen molar-refractivity contribution >= 4 is 59.8 Å². The number of benzene rings is 4. The number of thiazole rings is 1. The summed E-state index contributed by atoms with van der Waals surface area (Å²) in [7, 11) is -2.41. The molecule has 5 aromatic rings. The highest BCUT2D eigenvalue weighted by Crippen LogP contribution is 2.44. The first-order valence-corrected chi connectivity index (χ1v) is 13.0. The molecule has 0 saturated heterocycles. The smallest absolute Gasteiger partial charge is 0.262 e. The average molecular weight is 495 g/mol. The van der Waals surface area contributed by atoms with E-state index in [1.54, 1.807) is 42.5 Å². The minimum atomic E-state index is -3.89. The monoisotopic (exact) mass is 494 g/mol. The van der Waals surface area contributed by atoms with Crippen molar-refractivity contribution in [1.29, 1.82) is 0 Å².